The van der Waals surface area contributed by atoms with Gasteiger partial charge in [0.05, 0.1) is 6.61 Å². The number of hydrogen-bond donors (Lipinski definition) is 1. The van der Waals surface area contributed by atoms with Crippen LogP contribution in [0.4, 0.5) is 0 Å². The minimum atomic E-state index is -0.00657. The molecule has 0 aliphatic heterocycles. The number of rotatable bonds is 5. The van der Waals surface area contributed by atoms with E-state index < -0.39 is 0 Å². The first-order chi connectivity index (χ1) is 9.62. The summed E-state index contributed by atoms with van der Waals surface area (Å²) >= 11 is 0. The molecule has 0 bridgehead atoms. The molecule has 3 heteroatoms. The van der Waals surface area contributed by atoms with Crippen molar-refractivity contribution in [2.75, 3.05) is 0 Å². The van der Waals surface area contributed by atoms with Crippen molar-refractivity contribution in [2.24, 2.45) is 0 Å². The average Bonchev–Trinajstić information content (AvgIpc) is 2.47. The molecule has 0 saturated carbocycles. The molecule has 0 atom stereocenters. The number of pyridine rings is 1. The molecule has 0 spiro atoms. The highest BCUT2D eigenvalue weighted by atomic mass is 16.5. The standard InChI is InChI=1S/C17H21NO2/c1-4-13-5-7-15(8-6-13)20-17-10-14(11-19)9-16(18-17)12(2)3/h5-10,12,19H,4,11H2,1-3H3. The topological polar surface area (TPSA) is 42.4 Å². The lowest BCUT2D eigenvalue weighted by molar-refractivity contribution is 0.280. The Kier molecular flexibility index (Phi) is 4.74. The predicted octanol–water partition coefficient (Wildman–Crippen LogP) is 4.05. The monoisotopic (exact) mass is 271 g/mol. The minimum Gasteiger partial charge on any atom is -0.439 e. The van der Waals surface area contributed by atoms with Crippen molar-refractivity contribution in [2.45, 2.75) is 39.7 Å². The molecule has 20 heavy (non-hydrogen) atoms. The van der Waals surface area contributed by atoms with Gasteiger partial charge in [-0.3, -0.25) is 0 Å². The number of aliphatic hydroxyl groups excluding tert-OH is 1. The molecule has 0 aliphatic carbocycles. The van der Waals surface area contributed by atoms with Crippen LogP contribution >= 0.6 is 0 Å². The lowest BCUT2D eigenvalue weighted by atomic mass is 10.1. The summed E-state index contributed by atoms with van der Waals surface area (Å²) in [4.78, 5) is 4.49. The maximum absolute atomic E-state index is 9.32. The molecule has 0 fully saturated rings. The predicted molar refractivity (Wildman–Crippen MR) is 80.1 cm³/mol. The van der Waals surface area contributed by atoms with Gasteiger partial charge in [0.2, 0.25) is 5.88 Å². The summed E-state index contributed by atoms with van der Waals surface area (Å²) in [5, 5.41) is 9.32. The Labute approximate surface area is 120 Å². The van der Waals surface area contributed by atoms with Crippen LogP contribution in [-0.2, 0) is 13.0 Å². The van der Waals surface area contributed by atoms with E-state index in [0.29, 0.717) is 11.8 Å². The van der Waals surface area contributed by atoms with E-state index in [1.165, 1.54) is 5.56 Å². The molecule has 0 aliphatic rings. The van der Waals surface area contributed by atoms with Gasteiger partial charge in [-0.1, -0.05) is 32.9 Å². The molecule has 2 rings (SSSR count). The Morgan fingerprint density at radius 3 is 2.35 bits per heavy atom. The zero-order chi connectivity index (χ0) is 14.5. The van der Waals surface area contributed by atoms with Crippen molar-refractivity contribution in [3.8, 4) is 11.6 Å². The van der Waals surface area contributed by atoms with Crippen molar-refractivity contribution < 1.29 is 9.84 Å². The molecule has 1 aromatic carbocycles. The second-order valence-electron chi connectivity index (χ2n) is 5.15. The molecule has 0 radical (unpaired) electrons. The summed E-state index contributed by atoms with van der Waals surface area (Å²) < 4.78 is 5.79. The SMILES string of the molecule is CCc1ccc(Oc2cc(CO)cc(C(C)C)n2)cc1. The normalized spacial score (nSPS) is 10.8. The van der Waals surface area contributed by atoms with Crippen molar-refractivity contribution in [1.82, 2.24) is 4.98 Å². The average molecular weight is 271 g/mol. The van der Waals surface area contributed by atoms with Crippen molar-refractivity contribution in [3.05, 3.63) is 53.2 Å². The van der Waals surface area contributed by atoms with E-state index >= 15 is 0 Å². The molecular weight excluding hydrogens is 250 g/mol. The fourth-order valence-electron chi connectivity index (χ4n) is 1.94. The molecule has 1 heterocycles. The highest BCUT2D eigenvalue weighted by Gasteiger charge is 2.07. The molecular formula is C17H21NO2. The summed E-state index contributed by atoms with van der Waals surface area (Å²) in [5.41, 5.74) is 3.03. The van der Waals surface area contributed by atoms with E-state index in [4.69, 9.17) is 4.74 Å². The van der Waals surface area contributed by atoms with Crippen LogP contribution in [0.15, 0.2) is 36.4 Å². The van der Waals surface area contributed by atoms with Crippen molar-refractivity contribution in [3.63, 3.8) is 0 Å². The van der Waals surface area contributed by atoms with Gasteiger partial charge < -0.3 is 9.84 Å². The van der Waals surface area contributed by atoms with Gasteiger partial charge in [-0.2, -0.15) is 0 Å². The number of benzene rings is 1. The summed E-state index contributed by atoms with van der Waals surface area (Å²) in [6, 6.07) is 11.7. The Morgan fingerprint density at radius 1 is 1.10 bits per heavy atom. The Bertz CT molecular complexity index is 562. The number of hydrogen-bond acceptors (Lipinski definition) is 3. The number of ether oxygens (including phenoxy) is 1. The Balaban J connectivity index is 2.24. The molecule has 2 aromatic rings. The van der Waals surface area contributed by atoms with Gasteiger partial charge in [0.25, 0.3) is 0 Å². The van der Waals surface area contributed by atoms with Gasteiger partial charge in [-0.25, -0.2) is 4.98 Å². The van der Waals surface area contributed by atoms with Gasteiger partial charge in [-0.05, 0) is 41.7 Å². The maximum Gasteiger partial charge on any atom is 0.219 e. The smallest absolute Gasteiger partial charge is 0.219 e. The molecule has 1 aromatic heterocycles. The van der Waals surface area contributed by atoms with E-state index in [1.54, 1.807) is 6.07 Å². The first-order valence-corrected chi connectivity index (χ1v) is 7.01. The third-order valence-electron chi connectivity index (χ3n) is 3.21. The lowest BCUT2D eigenvalue weighted by Crippen LogP contribution is -1.98. The second-order valence-corrected chi connectivity index (χ2v) is 5.15. The van der Waals surface area contributed by atoms with Crippen LogP contribution in [0.3, 0.4) is 0 Å². The van der Waals surface area contributed by atoms with Crippen LogP contribution in [0.25, 0.3) is 0 Å². The number of aryl methyl sites for hydroxylation is 1. The molecule has 0 saturated heterocycles. The summed E-state index contributed by atoms with van der Waals surface area (Å²) in [5.74, 6) is 1.59. The highest BCUT2D eigenvalue weighted by molar-refractivity contribution is 5.33. The van der Waals surface area contributed by atoms with Gasteiger partial charge in [0, 0.05) is 11.8 Å². The van der Waals surface area contributed by atoms with Crippen molar-refractivity contribution >= 4 is 0 Å². The summed E-state index contributed by atoms with van der Waals surface area (Å²) in [7, 11) is 0. The van der Waals surface area contributed by atoms with Crippen molar-refractivity contribution in [1.29, 1.82) is 0 Å². The third kappa shape index (κ3) is 3.58. The van der Waals surface area contributed by atoms with E-state index in [1.807, 2.05) is 18.2 Å². The summed E-state index contributed by atoms with van der Waals surface area (Å²) in [6.45, 7) is 6.26. The second kappa shape index (κ2) is 6.53. The number of nitrogens with zero attached hydrogens (tertiary/aromatic N) is 1. The minimum absolute atomic E-state index is 0.00657. The molecule has 0 amide bonds. The van der Waals surface area contributed by atoms with Gasteiger partial charge in [-0.15, -0.1) is 0 Å². The number of aliphatic hydroxyl groups is 1. The quantitative estimate of drug-likeness (QED) is 0.892. The van der Waals surface area contributed by atoms with Crippen LogP contribution in [0.5, 0.6) is 11.6 Å². The van der Waals surface area contributed by atoms with E-state index in [-0.39, 0.29) is 6.61 Å². The lowest BCUT2D eigenvalue weighted by Gasteiger charge is -2.11. The first-order valence-electron chi connectivity index (χ1n) is 7.01. The zero-order valence-electron chi connectivity index (χ0n) is 12.3. The van der Waals surface area contributed by atoms with E-state index in [9.17, 15) is 5.11 Å². The largest absolute Gasteiger partial charge is 0.439 e. The van der Waals surface area contributed by atoms with Gasteiger partial charge >= 0.3 is 0 Å². The van der Waals surface area contributed by atoms with Crippen LogP contribution in [0.2, 0.25) is 0 Å². The van der Waals surface area contributed by atoms with Gasteiger partial charge in [0.15, 0.2) is 0 Å². The summed E-state index contributed by atoms with van der Waals surface area (Å²) in [6.07, 6.45) is 1.01. The first kappa shape index (κ1) is 14.5. The number of aromatic nitrogens is 1. The molecule has 3 nitrogen and oxygen atoms in total. The molecule has 1 N–H and O–H groups in total. The molecule has 0 unspecified atom stereocenters. The van der Waals surface area contributed by atoms with Crippen LogP contribution in [0, 0.1) is 0 Å². The zero-order valence-corrected chi connectivity index (χ0v) is 12.3. The Morgan fingerprint density at radius 2 is 1.80 bits per heavy atom. The van der Waals surface area contributed by atoms with Crippen LogP contribution in [0.1, 0.15) is 43.5 Å². The molecule has 106 valence electrons. The maximum atomic E-state index is 9.32. The van der Waals surface area contributed by atoms with Crippen LogP contribution < -0.4 is 4.74 Å². The van der Waals surface area contributed by atoms with Gasteiger partial charge in [0.1, 0.15) is 5.75 Å². The van der Waals surface area contributed by atoms with E-state index in [2.05, 4.69) is 37.9 Å². The fraction of sp³-hybridized carbons (Fsp3) is 0.353. The third-order valence-corrected chi connectivity index (χ3v) is 3.21. The fourth-order valence-corrected chi connectivity index (χ4v) is 1.94. The Hall–Kier alpha value is -1.87. The van der Waals surface area contributed by atoms with E-state index in [0.717, 1.165) is 23.4 Å². The van der Waals surface area contributed by atoms with Crippen LogP contribution in [-0.4, -0.2) is 10.1 Å². The highest BCUT2D eigenvalue weighted by Crippen LogP contribution is 2.24.